The summed E-state index contributed by atoms with van der Waals surface area (Å²) in [7, 11) is 0. The Labute approximate surface area is 140 Å². The molecule has 7 heteroatoms. The van der Waals surface area contributed by atoms with Gasteiger partial charge in [-0.1, -0.05) is 18.6 Å². The Morgan fingerprint density at radius 1 is 1.17 bits per heavy atom. The van der Waals surface area contributed by atoms with Gasteiger partial charge in [0.15, 0.2) is 0 Å². The van der Waals surface area contributed by atoms with E-state index in [9.17, 15) is 9.59 Å². The van der Waals surface area contributed by atoms with E-state index in [1.165, 1.54) is 6.20 Å². The Morgan fingerprint density at radius 2 is 1.92 bits per heavy atom. The lowest BCUT2D eigenvalue weighted by Crippen LogP contribution is -2.17. The van der Waals surface area contributed by atoms with Crippen molar-refractivity contribution in [1.29, 1.82) is 10.5 Å². The summed E-state index contributed by atoms with van der Waals surface area (Å²) in [5.41, 5.74) is 0.558. The molecule has 1 rings (SSSR count). The summed E-state index contributed by atoms with van der Waals surface area (Å²) in [6.45, 7) is 0.535. The van der Waals surface area contributed by atoms with Gasteiger partial charge < -0.3 is 15.7 Å². The molecule has 0 atom stereocenters. The first kappa shape index (κ1) is 18.7. The van der Waals surface area contributed by atoms with Gasteiger partial charge >= 0.3 is 5.97 Å². The molecule has 24 heavy (non-hydrogen) atoms. The lowest BCUT2D eigenvalue weighted by atomic mass is 10.2. The van der Waals surface area contributed by atoms with Gasteiger partial charge in [0, 0.05) is 19.2 Å². The van der Waals surface area contributed by atoms with Crippen LogP contribution in [0, 0.1) is 22.7 Å². The molecular formula is C17H18N4O3. The number of carboxylic acid groups (broad SMARTS) is 1. The van der Waals surface area contributed by atoms with E-state index in [0.717, 1.165) is 12.8 Å². The highest BCUT2D eigenvalue weighted by molar-refractivity contribution is 6.07. The predicted octanol–water partition coefficient (Wildman–Crippen LogP) is 2.14. The van der Waals surface area contributed by atoms with E-state index in [0.29, 0.717) is 24.2 Å². The van der Waals surface area contributed by atoms with Crippen molar-refractivity contribution < 1.29 is 14.7 Å². The molecule has 0 saturated heterocycles. The van der Waals surface area contributed by atoms with Gasteiger partial charge in [0.1, 0.15) is 17.7 Å². The molecule has 0 bridgehead atoms. The number of hydrogen-bond acceptors (Lipinski definition) is 5. The Hall–Kier alpha value is -3.32. The molecule has 0 fully saturated rings. The molecule has 7 nitrogen and oxygen atoms in total. The van der Waals surface area contributed by atoms with Crippen molar-refractivity contribution >= 4 is 17.6 Å². The number of nitrogens with zero attached hydrogens (tertiary/aromatic N) is 2. The van der Waals surface area contributed by atoms with Gasteiger partial charge in [-0.3, -0.25) is 9.59 Å². The highest BCUT2D eigenvalue weighted by atomic mass is 16.4. The molecule has 0 aliphatic rings. The van der Waals surface area contributed by atoms with Crippen LogP contribution in [0.4, 0.5) is 5.69 Å². The number of aliphatic carboxylic acids is 1. The SMILES string of the molecule is N#C/C(=C/NCCCCCC(=O)O)C(=O)Nc1ccccc1C#N. The number of carboxylic acids is 1. The van der Waals surface area contributed by atoms with Gasteiger partial charge in [-0.25, -0.2) is 0 Å². The molecule has 0 heterocycles. The van der Waals surface area contributed by atoms with Crippen molar-refractivity contribution in [3.63, 3.8) is 0 Å². The van der Waals surface area contributed by atoms with E-state index in [2.05, 4.69) is 10.6 Å². The van der Waals surface area contributed by atoms with Gasteiger partial charge in [0.05, 0.1) is 11.3 Å². The number of para-hydroxylation sites is 1. The first-order chi connectivity index (χ1) is 11.6. The van der Waals surface area contributed by atoms with Crippen molar-refractivity contribution in [1.82, 2.24) is 5.32 Å². The van der Waals surface area contributed by atoms with Crippen LogP contribution >= 0.6 is 0 Å². The van der Waals surface area contributed by atoms with Crippen LogP contribution in [0.3, 0.4) is 0 Å². The second-order valence-electron chi connectivity index (χ2n) is 4.94. The molecule has 1 amide bonds. The average molecular weight is 326 g/mol. The van der Waals surface area contributed by atoms with Gasteiger partial charge in [-0.15, -0.1) is 0 Å². The Morgan fingerprint density at radius 3 is 2.58 bits per heavy atom. The van der Waals surface area contributed by atoms with Gasteiger partial charge in [-0.2, -0.15) is 10.5 Å². The monoisotopic (exact) mass is 326 g/mol. The van der Waals surface area contributed by atoms with Crippen molar-refractivity contribution in [2.75, 3.05) is 11.9 Å². The average Bonchev–Trinajstić information content (AvgIpc) is 2.57. The second kappa shape index (κ2) is 10.4. The number of hydrogen-bond donors (Lipinski definition) is 3. The van der Waals surface area contributed by atoms with Crippen LogP contribution in [0.1, 0.15) is 31.2 Å². The lowest BCUT2D eigenvalue weighted by molar-refractivity contribution is -0.137. The highest BCUT2D eigenvalue weighted by Gasteiger charge is 2.11. The van der Waals surface area contributed by atoms with Crippen molar-refractivity contribution in [2.24, 2.45) is 0 Å². The number of nitriles is 2. The van der Waals surface area contributed by atoms with Crippen LogP contribution in [0.5, 0.6) is 0 Å². The maximum atomic E-state index is 12.0. The summed E-state index contributed by atoms with van der Waals surface area (Å²) in [5.74, 6) is -1.41. The molecule has 0 aliphatic carbocycles. The first-order valence-corrected chi connectivity index (χ1v) is 7.44. The number of amides is 1. The van der Waals surface area contributed by atoms with Gasteiger partial charge in [0.25, 0.3) is 5.91 Å². The fraction of sp³-hybridized carbons (Fsp3) is 0.294. The number of unbranched alkanes of at least 4 members (excludes halogenated alkanes) is 2. The van der Waals surface area contributed by atoms with E-state index < -0.39 is 11.9 Å². The predicted molar refractivity (Wildman–Crippen MR) is 87.6 cm³/mol. The van der Waals surface area contributed by atoms with Gasteiger partial charge in [0.2, 0.25) is 0 Å². The molecule has 0 spiro atoms. The molecule has 1 aromatic rings. The number of rotatable bonds is 9. The van der Waals surface area contributed by atoms with Crippen LogP contribution in [0.25, 0.3) is 0 Å². The van der Waals surface area contributed by atoms with Crippen LogP contribution in [-0.2, 0) is 9.59 Å². The summed E-state index contributed by atoms with van der Waals surface area (Å²) >= 11 is 0. The number of benzene rings is 1. The minimum Gasteiger partial charge on any atom is -0.481 e. The molecule has 0 unspecified atom stereocenters. The van der Waals surface area contributed by atoms with E-state index in [-0.39, 0.29) is 12.0 Å². The van der Waals surface area contributed by atoms with Crippen LogP contribution in [0.15, 0.2) is 36.0 Å². The molecule has 3 N–H and O–H groups in total. The topological polar surface area (TPSA) is 126 Å². The number of carbonyl (C=O) groups excluding carboxylic acids is 1. The maximum Gasteiger partial charge on any atom is 0.303 e. The molecule has 0 aromatic heterocycles. The van der Waals surface area contributed by atoms with E-state index in [1.54, 1.807) is 30.3 Å². The largest absolute Gasteiger partial charge is 0.481 e. The molecule has 0 saturated carbocycles. The van der Waals surface area contributed by atoms with Crippen molar-refractivity contribution in [3.8, 4) is 12.1 Å². The zero-order valence-corrected chi connectivity index (χ0v) is 13.1. The van der Waals surface area contributed by atoms with Gasteiger partial charge in [-0.05, 0) is 25.0 Å². The van der Waals surface area contributed by atoms with E-state index in [1.807, 2.05) is 6.07 Å². The van der Waals surface area contributed by atoms with Crippen molar-refractivity contribution in [3.05, 3.63) is 41.6 Å². The summed E-state index contributed by atoms with van der Waals surface area (Å²) in [4.78, 5) is 22.4. The van der Waals surface area contributed by atoms with Crippen molar-refractivity contribution in [2.45, 2.75) is 25.7 Å². The third-order valence-corrected chi connectivity index (χ3v) is 3.12. The molecule has 0 aliphatic heterocycles. The smallest absolute Gasteiger partial charge is 0.303 e. The van der Waals surface area contributed by atoms with Crippen LogP contribution in [-0.4, -0.2) is 23.5 Å². The highest BCUT2D eigenvalue weighted by Crippen LogP contribution is 2.14. The summed E-state index contributed by atoms with van der Waals surface area (Å²) in [6, 6.07) is 10.3. The standard InChI is InChI=1S/C17H18N4O3/c18-10-13-6-3-4-7-15(13)21-17(24)14(11-19)12-20-9-5-1-2-8-16(22)23/h3-4,6-7,12,20H,1-2,5,8-9H2,(H,21,24)(H,22,23)/b14-12-. The number of carbonyl (C=O) groups is 2. The lowest BCUT2D eigenvalue weighted by Gasteiger charge is -2.06. The quantitative estimate of drug-likeness (QED) is 0.362. The zero-order valence-electron chi connectivity index (χ0n) is 13.1. The van der Waals surface area contributed by atoms with E-state index >= 15 is 0 Å². The number of anilines is 1. The summed E-state index contributed by atoms with van der Waals surface area (Å²) in [5, 5.41) is 31.9. The van der Waals surface area contributed by atoms with E-state index in [4.69, 9.17) is 15.6 Å². The second-order valence-corrected chi connectivity index (χ2v) is 4.94. The first-order valence-electron chi connectivity index (χ1n) is 7.44. The molecular weight excluding hydrogens is 308 g/mol. The third-order valence-electron chi connectivity index (χ3n) is 3.12. The van der Waals surface area contributed by atoms with Crippen LogP contribution in [0.2, 0.25) is 0 Å². The minimum absolute atomic E-state index is 0.103. The maximum absolute atomic E-state index is 12.0. The fourth-order valence-electron chi connectivity index (χ4n) is 1.88. The minimum atomic E-state index is -0.816. The Bertz CT molecular complexity index is 699. The Balaban J connectivity index is 2.47. The van der Waals surface area contributed by atoms with Crippen LogP contribution < -0.4 is 10.6 Å². The summed E-state index contributed by atoms with van der Waals surface area (Å²) in [6.07, 6.45) is 3.54. The zero-order chi connectivity index (χ0) is 17.8. The fourth-order valence-corrected chi connectivity index (χ4v) is 1.88. The number of nitrogens with one attached hydrogen (secondary N) is 2. The normalized spacial score (nSPS) is 10.3. The molecule has 1 aromatic carbocycles. The molecule has 124 valence electrons. The third kappa shape index (κ3) is 6.63. The molecule has 0 radical (unpaired) electrons. The summed E-state index contributed by atoms with van der Waals surface area (Å²) < 4.78 is 0. The Kier molecular flexibility index (Phi) is 8.13.